The Labute approximate surface area is 40.9 Å². The Kier molecular flexibility index (Phi) is 2.32. The van der Waals surface area contributed by atoms with E-state index in [4.69, 9.17) is 5.11 Å². The lowest BCUT2D eigenvalue weighted by atomic mass is 10.6. The maximum atomic E-state index is 9.78. The average molecular weight is 105 g/mol. The van der Waals surface area contributed by atoms with Gasteiger partial charge in [-0.25, -0.2) is 0 Å². The van der Waals surface area contributed by atoms with E-state index in [2.05, 4.69) is 10.5 Å². The van der Waals surface area contributed by atoms with Gasteiger partial charge >= 0.3 is 0 Å². The third-order valence-electron chi connectivity index (χ3n) is 0.467. The van der Waals surface area contributed by atoms with Crippen molar-refractivity contribution in [1.29, 1.82) is 0 Å². The van der Waals surface area contributed by atoms with E-state index in [-0.39, 0.29) is 0 Å². The van der Waals surface area contributed by atoms with Gasteiger partial charge in [0.05, 0.1) is 0 Å². The molecule has 0 heterocycles. The monoisotopic (exact) mass is 105 g/mol. The molecule has 1 amide bonds. The highest BCUT2D eigenvalue weighted by atomic mass is 16.6. The average Bonchev–Trinajstić information content (AvgIpc) is 1.65. The molecule has 0 aromatic rings. The number of aliphatic hydroxyl groups is 1. The molecule has 0 aliphatic heterocycles. The van der Waals surface area contributed by atoms with Crippen LogP contribution in [-0.4, -0.2) is 24.4 Å². The molecule has 0 radical (unpaired) electrons. The number of rotatable bonds is 2. The van der Waals surface area contributed by atoms with E-state index in [0.717, 1.165) is 0 Å². The maximum Gasteiger partial charge on any atom is 0.274 e. The molecule has 1 atom stereocenters. The summed E-state index contributed by atoms with van der Waals surface area (Å²) in [5, 5.41) is 8.24. The van der Waals surface area contributed by atoms with Gasteiger partial charge in [-0.05, 0) is 0 Å². The smallest absolute Gasteiger partial charge is 0.274 e. The van der Waals surface area contributed by atoms with Gasteiger partial charge in [0.2, 0.25) is 6.29 Å². The van der Waals surface area contributed by atoms with Crippen LogP contribution in [0.1, 0.15) is 0 Å². The molecule has 1 unspecified atom stereocenters. The molecule has 0 aliphatic carbocycles. The van der Waals surface area contributed by atoms with Crippen molar-refractivity contribution in [2.45, 2.75) is 6.29 Å². The van der Waals surface area contributed by atoms with Crippen LogP contribution in [0.3, 0.4) is 0 Å². The first-order valence-electron chi connectivity index (χ1n) is 1.68. The summed E-state index contributed by atoms with van der Waals surface area (Å²) in [6.45, 7) is 0. The van der Waals surface area contributed by atoms with Gasteiger partial charge in [-0.2, -0.15) is 0 Å². The first-order chi connectivity index (χ1) is 3.18. The van der Waals surface area contributed by atoms with Crippen molar-refractivity contribution in [3.05, 3.63) is 0 Å². The number of amides is 1. The highest BCUT2D eigenvalue weighted by Gasteiger charge is 2.05. The SMILES string of the molecule is COC(O)C(N)=O. The van der Waals surface area contributed by atoms with Crippen LogP contribution in [0, 0.1) is 0 Å². The number of hydrogen-bond acceptors (Lipinski definition) is 3. The fourth-order valence-corrected chi connectivity index (χ4v) is 0.116. The second kappa shape index (κ2) is 2.54. The van der Waals surface area contributed by atoms with E-state index in [1.807, 2.05) is 0 Å². The number of primary amides is 1. The lowest BCUT2D eigenvalue weighted by Gasteiger charge is -1.99. The molecule has 0 spiro atoms. The number of nitrogens with two attached hydrogens (primary N) is 1. The van der Waals surface area contributed by atoms with E-state index in [1.54, 1.807) is 0 Å². The number of hydrogen-bond donors (Lipinski definition) is 2. The van der Waals surface area contributed by atoms with Crippen molar-refractivity contribution in [3.8, 4) is 0 Å². The number of ether oxygens (including phenoxy) is 1. The van der Waals surface area contributed by atoms with Crippen LogP contribution in [0.25, 0.3) is 0 Å². The molecule has 3 N–H and O–H groups in total. The third kappa shape index (κ3) is 2.13. The van der Waals surface area contributed by atoms with E-state index in [1.165, 1.54) is 7.11 Å². The molecule has 0 saturated carbocycles. The number of aliphatic hydroxyl groups excluding tert-OH is 1. The summed E-state index contributed by atoms with van der Waals surface area (Å²) >= 11 is 0. The first kappa shape index (κ1) is 6.39. The van der Waals surface area contributed by atoms with Gasteiger partial charge < -0.3 is 15.6 Å². The molecule has 0 aromatic heterocycles. The first-order valence-corrected chi connectivity index (χ1v) is 1.68. The van der Waals surface area contributed by atoms with Crippen LogP contribution < -0.4 is 5.73 Å². The van der Waals surface area contributed by atoms with Gasteiger partial charge in [0.1, 0.15) is 0 Å². The second-order valence-electron chi connectivity index (χ2n) is 0.990. The Bertz CT molecular complexity index is 72.6. The zero-order valence-electron chi connectivity index (χ0n) is 3.92. The topological polar surface area (TPSA) is 72.6 Å². The van der Waals surface area contributed by atoms with Gasteiger partial charge in [0.15, 0.2) is 0 Å². The van der Waals surface area contributed by atoms with Crippen molar-refractivity contribution >= 4 is 5.91 Å². The normalized spacial score (nSPS) is 13.4. The lowest BCUT2D eigenvalue weighted by molar-refractivity contribution is -0.149. The molecular formula is C3H7NO3. The van der Waals surface area contributed by atoms with E-state index >= 15 is 0 Å². The van der Waals surface area contributed by atoms with Crippen molar-refractivity contribution in [1.82, 2.24) is 0 Å². The number of methoxy groups -OCH3 is 1. The van der Waals surface area contributed by atoms with E-state index < -0.39 is 12.2 Å². The molecule has 42 valence electrons. The van der Waals surface area contributed by atoms with Crippen LogP contribution in [0.2, 0.25) is 0 Å². The quantitative estimate of drug-likeness (QED) is 0.417. The summed E-state index contributed by atoms with van der Waals surface area (Å²) in [5.74, 6) is -0.873. The Morgan fingerprint density at radius 3 is 2.43 bits per heavy atom. The Balaban J connectivity index is 3.34. The minimum atomic E-state index is -1.46. The molecule has 0 bridgehead atoms. The van der Waals surface area contributed by atoms with Crippen LogP contribution in [0.4, 0.5) is 0 Å². The fraction of sp³-hybridized carbons (Fsp3) is 0.667. The van der Waals surface area contributed by atoms with Crippen LogP contribution in [0.15, 0.2) is 0 Å². The van der Waals surface area contributed by atoms with Crippen LogP contribution in [0.5, 0.6) is 0 Å². The van der Waals surface area contributed by atoms with Gasteiger partial charge in [-0.15, -0.1) is 0 Å². The molecule has 0 aliphatic rings. The maximum absolute atomic E-state index is 9.78. The molecule has 0 saturated heterocycles. The predicted molar refractivity (Wildman–Crippen MR) is 22.2 cm³/mol. The van der Waals surface area contributed by atoms with Crippen molar-refractivity contribution in [2.75, 3.05) is 7.11 Å². The zero-order valence-corrected chi connectivity index (χ0v) is 3.92. The Morgan fingerprint density at radius 2 is 2.43 bits per heavy atom. The highest BCUT2D eigenvalue weighted by molar-refractivity contribution is 5.76. The molecule has 7 heavy (non-hydrogen) atoms. The summed E-state index contributed by atoms with van der Waals surface area (Å²) in [6.07, 6.45) is -1.46. The van der Waals surface area contributed by atoms with Gasteiger partial charge in [0.25, 0.3) is 5.91 Å². The van der Waals surface area contributed by atoms with E-state index in [9.17, 15) is 4.79 Å². The van der Waals surface area contributed by atoms with Gasteiger partial charge in [0, 0.05) is 7.11 Å². The fourth-order valence-electron chi connectivity index (χ4n) is 0.116. The van der Waals surface area contributed by atoms with Crippen molar-refractivity contribution < 1.29 is 14.6 Å². The Hall–Kier alpha value is -0.610. The zero-order chi connectivity index (χ0) is 5.86. The van der Waals surface area contributed by atoms with Gasteiger partial charge in [-0.3, -0.25) is 4.79 Å². The minimum Gasteiger partial charge on any atom is -0.365 e. The lowest BCUT2D eigenvalue weighted by Crippen LogP contribution is -2.29. The van der Waals surface area contributed by atoms with Crippen molar-refractivity contribution in [2.24, 2.45) is 5.73 Å². The summed E-state index contributed by atoms with van der Waals surface area (Å²) in [4.78, 5) is 9.78. The molecule has 0 aromatic carbocycles. The van der Waals surface area contributed by atoms with Crippen LogP contribution in [-0.2, 0) is 9.53 Å². The number of carbonyl (C=O) groups is 1. The molecule has 0 fully saturated rings. The number of carbonyl (C=O) groups excluding carboxylic acids is 1. The molecule has 4 heteroatoms. The Morgan fingerprint density at radius 1 is 2.00 bits per heavy atom. The summed E-state index contributed by atoms with van der Waals surface area (Å²) in [6, 6.07) is 0. The van der Waals surface area contributed by atoms with E-state index in [0.29, 0.717) is 0 Å². The second-order valence-corrected chi connectivity index (χ2v) is 0.990. The summed E-state index contributed by atoms with van der Waals surface area (Å²) in [7, 11) is 1.19. The molecule has 0 rings (SSSR count). The van der Waals surface area contributed by atoms with Crippen LogP contribution >= 0.6 is 0 Å². The minimum absolute atomic E-state index is 0.873. The molecular weight excluding hydrogens is 98.0 g/mol. The van der Waals surface area contributed by atoms with Gasteiger partial charge in [-0.1, -0.05) is 0 Å². The predicted octanol–water partition coefficient (Wildman–Crippen LogP) is -1.56. The standard InChI is InChI=1S/C3H7NO3/c1-7-3(6)2(4)5/h3,6H,1H3,(H2,4,5). The summed E-state index contributed by atoms with van der Waals surface area (Å²) in [5.41, 5.74) is 4.53. The highest BCUT2D eigenvalue weighted by Crippen LogP contribution is 1.76. The van der Waals surface area contributed by atoms with Crippen molar-refractivity contribution in [3.63, 3.8) is 0 Å². The molecule has 4 nitrogen and oxygen atoms in total. The third-order valence-corrected chi connectivity index (χ3v) is 0.467. The summed E-state index contributed by atoms with van der Waals surface area (Å²) < 4.78 is 4.09. The largest absolute Gasteiger partial charge is 0.365 e.